The SMILES string of the molecule is CO[C@@H](C)c1ncccc1-c1c2c3cc(ccc3n1CC(F)(F)F)-c1csc(n1)C[C@H](NC(=O)C(C1CCCC1)N1CCCC3(CN(C(=O)[C@H]4CN4C)C3)C1)C(=O)N1CCC[C@H](N1)C(=O)OCC(C)(C)C2. The van der Waals surface area contributed by atoms with Gasteiger partial charge in [0.05, 0.1) is 40.8 Å². The maximum atomic E-state index is 15.1. The van der Waals surface area contributed by atoms with E-state index in [1.165, 1.54) is 28.0 Å². The maximum absolute atomic E-state index is 15.1. The Hall–Kier alpha value is -4.95. The Kier molecular flexibility index (Phi) is 13.6. The highest BCUT2D eigenvalue weighted by Gasteiger charge is 2.53. The Labute approximate surface area is 416 Å². The summed E-state index contributed by atoms with van der Waals surface area (Å²) in [5.41, 5.74) is 5.94. The molecule has 5 aliphatic heterocycles. The van der Waals surface area contributed by atoms with E-state index in [9.17, 15) is 27.6 Å². The average molecular weight is 1000 g/mol. The second-order valence-corrected chi connectivity index (χ2v) is 22.9. The van der Waals surface area contributed by atoms with Gasteiger partial charge in [-0.05, 0) is 101 Å². The van der Waals surface area contributed by atoms with Crippen molar-refractivity contribution in [3.05, 3.63) is 58.2 Å². The van der Waals surface area contributed by atoms with Gasteiger partial charge in [-0.2, -0.15) is 13.2 Å². The van der Waals surface area contributed by atoms with Crippen LogP contribution in [0.5, 0.6) is 0 Å². The van der Waals surface area contributed by atoms with Gasteiger partial charge in [-0.3, -0.25) is 39.0 Å². The Morgan fingerprint density at radius 1 is 1.06 bits per heavy atom. The van der Waals surface area contributed by atoms with Crippen molar-refractivity contribution >= 4 is 45.9 Å². The molecule has 1 aromatic carbocycles. The number of esters is 1. The number of amides is 3. The number of cyclic esters (lactones) is 1. The van der Waals surface area contributed by atoms with E-state index in [4.69, 9.17) is 14.5 Å². The molecule has 6 aliphatic rings. The molecule has 15 nitrogen and oxygen atoms in total. The number of aromatic nitrogens is 3. The number of pyridine rings is 1. The van der Waals surface area contributed by atoms with E-state index >= 15 is 4.79 Å². The number of alkyl halides is 3. The summed E-state index contributed by atoms with van der Waals surface area (Å²) in [4.78, 5) is 73.1. The number of halogens is 3. The van der Waals surface area contributed by atoms with Crippen molar-refractivity contribution in [2.45, 2.75) is 128 Å². The van der Waals surface area contributed by atoms with Crippen LogP contribution in [0.3, 0.4) is 0 Å². The van der Waals surface area contributed by atoms with Crippen molar-refractivity contribution in [1.29, 1.82) is 0 Å². The molecule has 3 amide bonds. The third-order valence-electron chi connectivity index (χ3n) is 15.9. The number of nitrogens with one attached hydrogen (secondary N) is 2. The Morgan fingerprint density at radius 3 is 2.56 bits per heavy atom. The van der Waals surface area contributed by atoms with Crippen LogP contribution in [0.15, 0.2) is 41.9 Å². The molecule has 4 aromatic rings. The first kappa shape index (κ1) is 49.6. The first-order chi connectivity index (χ1) is 33.9. The lowest BCUT2D eigenvalue weighted by Crippen LogP contribution is -2.68. The number of thiazole rings is 1. The third kappa shape index (κ3) is 10.2. The summed E-state index contributed by atoms with van der Waals surface area (Å²) < 4.78 is 57.2. The number of carbonyl (C=O) groups is 4. The highest BCUT2D eigenvalue weighted by Crippen LogP contribution is 2.45. The van der Waals surface area contributed by atoms with Crippen LogP contribution in [0.25, 0.3) is 33.4 Å². The molecule has 3 aromatic heterocycles. The molecule has 382 valence electrons. The summed E-state index contributed by atoms with van der Waals surface area (Å²) in [6.07, 6.45) is 3.51. The molecule has 1 spiro atoms. The second-order valence-electron chi connectivity index (χ2n) is 21.9. The predicted octanol–water partition coefficient (Wildman–Crippen LogP) is 6.54. The molecule has 10 rings (SSSR count). The first-order valence-electron chi connectivity index (χ1n) is 25.3. The highest BCUT2D eigenvalue weighted by molar-refractivity contribution is 7.10. The van der Waals surface area contributed by atoms with E-state index < -0.39 is 48.3 Å². The predicted molar refractivity (Wildman–Crippen MR) is 262 cm³/mol. The normalized spacial score (nSPS) is 25.9. The van der Waals surface area contributed by atoms with Gasteiger partial charge in [0, 0.05) is 90.7 Å². The van der Waals surface area contributed by atoms with Crippen molar-refractivity contribution in [2.24, 2.45) is 16.7 Å². The van der Waals surface area contributed by atoms with Crippen molar-refractivity contribution in [2.75, 3.05) is 60.0 Å². The van der Waals surface area contributed by atoms with Crippen molar-refractivity contribution < 1.29 is 41.8 Å². The molecule has 2 N–H and O–H groups in total. The average Bonchev–Trinajstić information content (AvgIpc) is 3.65. The van der Waals surface area contributed by atoms with Crippen LogP contribution in [0.4, 0.5) is 13.2 Å². The maximum Gasteiger partial charge on any atom is 0.406 e. The molecular formula is C52H66F3N9O6S. The molecule has 71 heavy (non-hydrogen) atoms. The van der Waals surface area contributed by atoms with E-state index in [0.29, 0.717) is 88.7 Å². The minimum atomic E-state index is -4.57. The van der Waals surface area contributed by atoms with Crippen LogP contribution in [-0.4, -0.2) is 148 Å². The standard InChI is InChI=1S/C52H66F3N9O6S/c1-31(69-5)43-34(13-8-18-56-43)45-36-23-50(2,3)30-70-49(68)37-14-9-20-64(59-37)47(66)38(22-42-57-39(25-71-42)33-15-16-40(35(36)21-33)63(45)29-52(53,54)55)58-46(65)44(32-11-6-7-12-32)61-19-10-17-51(26-61)27-62(28-51)48(67)41-24-60(41)4/h8,13,15-16,18,21,25,31-32,37-38,41,44,59H,6-7,9-12,14,17,19-20,22-24,26-30H2,1-5H3,(H,58,65)/t31-,37-,38-,41+,44?,60?/m0/s1. The fourth-order valence-electron chi connectivity index (χ4n) is 12.2. The van der Waals surface area contributed by atoms with Gasteiger partial charge in [0.15, 0.2) is 0 Å². The largest absolute Gasteiger partial charge is 0.464 e. The van der Waals surface area contributed by atoms with E-state index in [-0.39, 0.29) is 54.5 Å². The van der Waals surface area contributed by atoms with E-state index in [1.54, 1.807) is 30.5 Å². The Morgan fingerprint density at radius 2 is 1.83 bits per heavy atom. The minimum absolute atomic E-state index is 0.0258. The van der Waals surface area contributed by atoms with Crippen LogP contribution in [0.2, 0.25) is 0 Å². The van der Waals surface area contributed by atoms with Gasteiger partial charge in [0.2, 0.25) is 11.8 Å². The lowest BCUT2D eigenvalue weighted by atomic mass is 9.72. The van der Waals surface area contributed by atoms with E-state index in [1.807, 2.05) is 49.1 Å². The minimum Gasteiger partial charge on any atom is -0.464 e. The van der Waals surface area contributed by atoms with Gasteiger partial charge in [-0.25, -0.2) is 10.4 Å². The number of benzene rings is 1. The number of nitrogens with zero attached hydrogens (tertiary/aromatic N) is 7. The third-order valence-corrected chi connectivity index (χ3v) is 16.8. The zero-order valence-corrected chi connectivity index (χ0v) is 42.2. The van der Waals surface area contributed by atoms with Gasteiger partial charge in [-0.15, -0.1) is 11.3 Å². The number of fused-ring (bicyclic) bond motifs is 6. The molecule has 2 unspecified atom stereocenters. The Balaban J connectivity index is 1.01. The lowest BCUT2D eigenvalue weighted by molar-refractivity contribution is -0.155. The number of hydrogen-bond acceptors (Lipinski definition) is 12. The van der Waals surface area contributed by atoms with Gasteiger partial charge in [0.1, 0.15) is 24.7 Å². The molecule has 1 aliphatic carbocycles. The second kappa shape index (κ2) is 19.5. The number of ether oxygens (including phenoxy) is 2. The van der Waals surface area contributed by atoms with Crippen molar-refractivity contribution in [1.82, 2.24) is 45.0 Å². The van der Waals surface area contributed by atoms with Gasteiger partial charge in [-0.1, -0.05) is 32.8 Å². The molecule has 0 radical (unpaired) electrons. The summed E-state index contributed by atoms with van der Waals surface area (Å²) in [6.45, 7) is 8.28. The zero-order valence-electron chi connectivity index (χ0n) is 41.4. The molecule has 4 saturated heterocycles. The number of likely N-dealkylation sites (tertiary alicyclic amines) is 2. The number of likely N-dealkylation sites (N-methyl/N-ethyl adjacent to an activating group) is 1. The highest BCUT2D eigenvalue weighted by atomic mass is 32.1. The number of hydrogen-bond donors (Lipinski definition) is 2. The first-order valence-corrected chi connectivity index (χ1v) is 26.2. The topological polar surface area (TPSA) is 154 Å². The number of piperidine rings is 1. The van der Waals surface area contributed by atoms with Gasteiger partial charge in [0.25, 0.3) is 5.91 Å². The van der Waals surface area contributed by atoms with E-state index in [0.717, 1.165) is 51.6 Å². The van der Waals surface area contributed by atoms with Crippen LogP contribution in [-0.2, 0) is 48.0 Å². The van der Waals surface area contributed by atoms with Crippen molar-refractivity contribution in [3.8, 4) is 22.5 Å². The number of rotatable bonds is 9. The summed E-state index contributed by atoms with van der Waals surface area (Å²) >= 11 is 1.35. The summed E-state index contributed by atoms with van der Waals surface area (Å²) in [6, 6.07) is 6.47. The quantitative estimate of drug-likeness (QED) is 0.139. The van der Waals surface area contributed by atoms with Crippen LogP contribution in [0, 0.1) is 16.7 Å². The Bertz CT molecular complexity index is 2680. The fourth-order valence-corrected chi connectivity index (χ4v) is 13.0. The van der Waals surface area contributed by atoms with Crippen LogP contribution >= 0.6 is 11.3 Å². The fraction of sp³-hybridized carbons (Fsp3) is 0.615. The number of hydrazine groups is 1. The lowest BCUT2D eigenvalue weighted by Gasteiger charge is -2.56. The van der Waals surface area contributed by atoms with E-state index in [2.05, 4.69) is 20.6 Å². The van der Waals surface area contributed by atoms with Crippen molar-refractivity contribution in [3.63, 3.8) is 0 Å². The smallest absolute Gasteiger partial charge is 0.406 e. The molecule has 5 fully saturated rings. The summed E-state index contributed by atoms with van der Waals surface area (Å²) in [5.74, 6) is -0.836. The summed E-state index contributed by atoms with van der Waals surface area (Å²) in [5, 5.41) is 7.76. The molecule has 6 atom stereocenters. The molecule has 8 heterocycles. The van der Waals surface area contributed by atoms with Gasteiger partial charge < -0.3 is 24.3 Å². The summed E-state index contributed by atoms with van der Waals surface area (Å²) in [7, 11) is 3.50. The van der Waals surface area contributed by atoms with Crippen LogP contribution in [0.1, 0.15) is 94.5 Å². The molecular weight excluding hydrogens is 936 g/mol. The zero-order chi connectivity index (χ0) is 50.0. The number of carbonyl (C=O) groups excluding carboxylic acids is 4. The van der Waals surface area contributed by atoms with Crippen LogP contribution < -0.4 is 10.7 Å². The van der Waals surface area contributed by atoms with Gasteiger partial charge >= 0.3 is 12.1 Å². The molecule has 1 saturated carbocycles. The monoisotopic (exact) mass is 1000 g/mol. The molecule has 6 bridgehead atoms. The molecule has 19 heteroatoms. The number of methoxy groups -OCH3 is 1.